The van der Waals surface area contributed by atoms with Crippen LogP contribution in [0, 0.1) is 0 Å². The van der Waals surface area contributed by atoms with Gasteiger partial charge in [-0.05, 0) is 12.8 Å². The Morgan fingerprint density at radius 1 is 0.500 bits per heavy atom. The SMILES string of the molecule is CCCCCCCCCCCCOS(=O)(=O)OCCCCCCCCCCCC.O=S(=O)(O)O.[H-].[H-].[Li+].[Na+]. The van der Waals surface area contributed by atoms with Crippen LogP contribution in [0.2, 0.25) is 0 Å². The van der Waals surface area contributed by atoms with Crippen LogP contribution in [0.5, 0.6) is 0 Å². The molecule has 36 heavy (non-hydrogen) atoms. The molecule has 0 rings (SSSR count). The maximum atomic E-state index is 11.7. The third-order valence-electron chi connectivity index (χ3n) is 5.45. The average Bonchev–Trinajstić information content (AvgIpc) is 2.74. The molecule has 0 atom stereocenters. The quantitative estimate of drug-likeness (QED) is 0.103. The van der Waals surface area contributed by atoms with Gasteiger partial charge in [0, 0.05) is 0 Å². The van der Waals surface area contributed by atoms with Crippen molar-refractivity contribution >= 4 is 20.8 Å². The number of hydrogen-bond acceptors (Lipinski definition) is 6. The van der Waals surface area contributed by atoms with Gasteiger partial charge >= 0.3 is 69.2 Å². The van der Waals surface area contributed by atoms with Crippen molar-refractivity contribution < 1.29 is 85.6 Å². The number of rotatable bonds is 24. The second kappa shape index (κ2) is 32.5. The predicted molar refractivity (Wildman–Crippen MR) is 141 cm³/mol. The Morgan fingerprint density at radius 2 is 0.694 bits per heavy atom. The molecule has 0 aromatic rings. The zero-order valence-corrected chi connectivity index (χ0v) is 27.3. The van der Waals surface area contributed by atoms with E-state index < -0.39 is 20.8 Å². The molecule has 0 spiro atoms. The fourth-order valence-corrected chi connectivity index (χ4v) is 4.25. The maximum Gasteiger partial charge on any atom is 1.00 e. The molecule has 0 radical (unpaired) electrons. The molecule has 0 fully saturated rings. The molecule has 0 bridgehead atoms. The summed E-state index contributed by atoms with van der Waals surface area (Å²) >= 11 is 0. The third-order valence-corrected chi connectivity index (χ3v) is 6.36. The van der Waals surface area contributed by atoms with Crippen molar-refractivity contribution in [3.63, 3.8) is 0 Å². The van der Waals surface area contributed by atoms with Gasteiger partial charge in [0.25, 0.3) is 0 Å². The van der Waals surface area contributed by atoms with E-state index >= 15 is 0 Å². The monoisotopic (exact) mass is 564 g/mol. The molecule has 0 aliphatic heterocycles. The van der Waals surface area contributed by atoms with Gasteiger partial charge in [-0.15, -0.1) is 0 Å². The molecule has 0 unspecified atom stereocenters. The zero-order valence-electron chi connectivity index (χ0n) is 25.7. The van der Waals surface area contributed by atoms with E-state index in [-0.39, 0.29) is 64.5 Å². The van der Waals surface area contributed by atoms with Crippen molar-refractivity contribution in [3.05, 3.63) is 0 Å². The second-order valence-corrected chi connectivity index (χ2v) is 11.0. The molecule has 0 saturated heterocycles. The topological polar surface area (TPSA) is 127 Å². The van der Waals surface area contributed by atoms with E-state index in [4.69, 9.17) is 25.9 Å². The first-order valence-corrected chi connectivity index (χ1v) is 16.1. The van der Waals surface area contributed by atoms with Gasteiger partial charge in [0.2, 0.25) is 0 Å². The van der Waals surface area contributed by atoms with Crippen molar-refractivity contribution in [1.29, 1.82) is 0 Å². The van der Waals surface area contributed by atoms with Gasteiger partial charge < -0.3 is 2.85 Å². The van der Waals surface area contributed by atoms with E-state index in [1.54, 1.807) is 0 Å². The van der Waals surface area contributed by atoms with Crippen LogP contribution in [0.15, 0.2) is 0 Å². The summed E-state index contributed by atoms with van der Waals surface area (Å²) in [5, 5.41) is 0. The van der Waals surface area contributed by atoms with Crippen molar-refractivity contribution in [3.8, 4) is 0 Å². The molecule has 0 aromatic heterocycles. The minimum absolute atomic E-state index is 0. The first kappa shape index (κ1) is 44.4. The van der Waals surface area contributed by atoms with Gasteiger partial charge in [-0.1, -0.05) is 129 Å². The standard InChI is InChI=1S/C24H50O4S.Li.Na.H2O4S.2H/c1-3-5-7-9-11-13-15-17-19-21-23-27-29(25,26)28-24-22-20-18-16-14-12-10-8-6-4-2;;;1-5(2,3)4;;/h3-24H2,1-2H3;;;(H2,1,2,3,4);;/q;2*+1;;2*-1. The van der Waals surface area contributed by atoms with Crippen molar-refractivity contribution in [2.75, 3.05) is 13.2 Å². The van der Waals surface area contributed by atoms with Gasteiger partial charge in [0.1, 0.15) is 0 Å². The van der Waals surface area contributed by atoms with Crippen LogP contribution in [0.1, 0.15) is 145 Å². The molecule has 0 aromatic carbocycles. The smallest absolute Gasteiger partial charge is 1.00 e. The van der Waals surface area contributed by atoms with E-state index in [0.717, 1.165) is 38.5 Å². The van der Waals surface area contributed by atoms with Gasteiger partial charge in [-0.25, -0.2) is 8.37 Å². The van der Waals surface area contributed by atoms with Crippen LogP contribution in [0.3, 0.4) is 0 Å². The van der Waals surface area contributed by atoms with Gasteiger partial charge in [-0.2, -0.15) is 16.8 Å². The molecular formula is C24H54LiNaO8S2. The number of unbranched alkanes of at least 4 members (excludes halogenated alkanes) is 18. The fraction of sp³-hybridized carbons (Fsp3) is 1.00. The van der Waals surface area contributed by atoms with Crippen LogP contribution in [-0.2, 0) is 29.2 Å². The molecule has 12 heteroatoms. The van der Waals surface area contributed by atoms with Crippen LogP contribution < -0.4 is 48.4 Å². The molecule has 0 saturated carbocycles. The molecule has 2 N–H and O–H groups in total. The van der Waals surface area contributed by atoms with E-state index in [9.17, 15) is 8.42 Å². The van der Waals surface area contributed by atoms with Crippen molar-refractivity contribution in [1.82, 2.24) is 0 Å². The fourth-order valence-electron chi connectivity index (χ4n) is 3.53. The first-order valence-electron chi connectivity index (χ1n) is 13.4. The first-order chi connectivity index (χ1) is 16.1. The molecule has 0 aliphatic rings. The Morgan fingerprint density at radius 3 is 0.917 bits per heavy atom. The minimum atomic E-state index is -4.67. The summed E-state index contributed by atoms with van der Waals surface area (Å²) in [7, 11) is -8.47. The Hall–Kier alpha value is 1.34. The molecule has 0 heterocycles. The van der Waals surface area contributed by atoms with E-state index in [1.165, 1.54) is 89.9 Å². The van der Waals surface area contributed by atoms with Crippen LogP contribution in [0.25, 0.3) is 0 Å². The summed E-state index contributed by atoms with van der Waals surface area (Å²) in [4.78, 5) is 0. The number of hydrogen-bond donors (Lipinski definition) is 2. The van der Waals surface area contributed by atoms with Crippen LogP contribution >= 0.6 is 0 Å². The molecular weight excluding hydrogens is 510 g/mol. The molecule has 8 nitrogen and oxygen atoms in total. The van der Waals surface area contributed by atoms with Crippen molar-refractivity contribution in [2.45, 2.75) is 142 Å². The largest absolute Gasteiger partial charge is 1.00 e. The molecule has 0 aliphatic carbocycles. The minimum Gasteiger partial charge on any atom is -1.00 e. The zero-order chi connectivity index (χ0) is 26.0. The summed E-state index contributed by atoms with van der Waals surface area (Å²) in [5.41, 5.74) is 0. The maximum absolute atomic E-state index is 11.7. The van der Waals surface area contributed by atoms with Gasteiger partial charge in [0.15, 0.2) is 0 Å². The van der Waals surface area contributed by atoms with Crippen molar-refractivity contribution in [2.24, 2.45) is 0 Å². The normalized spacial score (nSPS) is 11.2. The average molecular weight is 565 g/mol. The second-order valence-electron chi connectivity index (χ2n) is 8.86. The molecule has 212 valence electrons. The summed E-state index contributed by atoms with van der Waals surface area (Å²) < 4.78 is 64.9. The van der Waals surface area contributed by atoms with Crippen LogP contribution in [0.4, 0.5) is 0 Å². The van der Waals surface area contributed by atoms with Gasteiger partial charge in [-0.3, -0.25) is 9.11 Å². The Kier molecular flexibility index (Phi) is 40.1. The summed E-state index contributed by atoms with van der Waals surface area (Å²) in [5.74, 6) is 0. The van der Waals surface area contributed by atoms with Gasteiger partial charge in [0.05, 0.1) is 13.2 Å². The predicted octanol–water partition coefficient (Wildman–Crippen LogP) is 1.69. The summed E-state index contributed by atoms with van der Waals surface area (Å²) in [6.45, 7) is 4.98. The molecule has 0 amide bonds. The Bertz CT molecular complexity index is 591. The Balaban J connectivity index is -0.000000259. The van der Waals surface area contributed by atoms with Crippen LogP contribution in [-0.4, -0.2) is 39.2 Å². The summed E-state index contributed by atoms with van der Waals surface area (Å²) in [6, 6.07) is 0. The third kappa shape index (κ3) is 48.4. The summed E-state index contributed by atoms with van der Waals surface area (Å²) in [6.07, 6.45) is 24.4. The van der Waals surface area contributed by atoms with E-state index in [1.807, 2.05) is 0 Å². The van der Waals surface area contributed by atoms with E-state index in [2.05, 4.69) is 13.8 Å². The van der Waals surface area contributed by atoms with E-state index in [0.29, 0.717) is 0 Å². The Labute approximate surface area is 260 Å².